The van der Waals surface area contributed by atoms with E-state index in [1.165, 1.54) is 4.90 Å². The first-order valence-corrected chi connectivity index (χ1v) is 8.46. The van der Waals surface area contributed by atoms with Crippen LogP contribution < -0.4 is 5.32 Å². The molecule has 7 heteroatoms. The zero-order valence-corrected chi connectivity index (χ0v) is 14.7. The van der Waals surface area contributed by atoms with Crippen LogP contribution in [0.5, 0.6) is 0 Å². The van der Waals surface area contributed by atoms with E-state index in [4.69, 9.17) is 16.3 Å². The van der Waals surface area contributed by atoms with Crippen molar-refractivity contribution in [2.45, 2.75) is 24.5 Å². The van der Waals surface area contributed by atoms with E-state index in [0.29, 0.717) is 18.2 Å². The number of carbonyl (C=O) groups excluding carboxylic acids is 2. The van der Waals surface area contributed by atoms with Crippen molar-refractivity contribution in [1.82, 2.24) is 15.1 Å². The summed E-state index contributed by atoms with van der Waals surface area (Å²) >= 11 is 6.28. The molecule has 1 aromatic rings. The number of nitrogens with zero attached hydrogens (tertiary/aromatic N) is 2. The summed E-state index contributed by atoms with van der Waals surface area (Å²) in [7, 11) is 3.36. The Morgan fingerprint density at radius 1 is 1.33 bits per heavy atom. The predicted octanol–water partition coefficient (Wildman–Crippen LogP) is 1.83. The van der Waals surface area contributed by atoms with Gasteiger partial charge in [0.25, 0.3) is 5.91 Å². The zero-order chi connectivity index (χ0) is 17.3. The Hall–Kier alpha value is -1.79. The van der Waals surface area contributed by atoms with Gasteiger partial charge in [0.05, 0.1) is 18.7 Å². The molecule has 0 spiro atoms. The van der Waals surface area contributed by atoms with Gasteiger partial charge in [0.2, 0.25) is 0 Å². The first kappa shape index (κ1) is 17.0. The highest BCUT2D eigenvalue weighted by Crippen LogP contribution is 2.48. The van der Waals surface area contributed by atoms with E-state index in [-0.39, 0.29) is 24.0 Å². The van der Waals surface area contributed by atoms with Crippen LogP contribution >= 0.6 is 11.6 Å². The van der Waals surface area contributed by atoms with Crippen molar-refractivity contribution in [3.63, 3.8) is 0 Å². The van der Waals surface area contributed by atoms with Gasteiger partial charge in [-0.05, 0) is 24.5 Å². The summed E-state index contributed by atoms with van der Waals surface area (Å²) in [6, 6.07) is 7.42. The maximum Gasteiger partial charge on any atom is 0.318 e. The van der Waals surface area contributed by atoms with E-state index in [9.17, 15) is 9.59 Å². The van der Waals surface area contributed by atoms with E-state index >= 15 is 0 Å². The number of halogens is 1. The molecular formula is C17H22ClN3O3. The monoisotopic (exact) mass is 351 g/mol. The molecule has 0 aromatic heterocycles. The number of rotatable bonds is 3. The second-order valence-electron chi connectivity index (χ2n) is 6.53. The Kier molecular flexibility index (Phi) is 4.69. The molecule has 0 unspecified atom stereocenters. The predicted molar refractivity (Wildman–Crippen MR) is 90.9 cm³/mol. The molecule has 1 atom stereocenters. The number of nitrogens with one attached hydrogen (secondary N) is 1. The molecule has 6 nitrogen and oxygen atoms in total. The summed E-state index contributed by atoms with van der Waals surface area (Å²) in [5.74, 6) is -0.125. The highest BCUT2D eigenvalue weighted by molar-refractivity contribution is 6.31. The van der Waals surface area contributed by atoms with E-state index < -0.39 is 6.10 Å². The van der Waals surface area contributed by atoms with E-state index in [0.717, 1.165) is 18.4 Å². The van der Waals surface area contributed by atoms with Crippen molar-refractivity contribution in [1.29, 1.82) is 0 Å². The van der Waals surface area contributed by atoms with Crippen LogP contribution in [0.2, 0.25) is 5.02 Å². The number of hydrogen-bond donors (Lipinski definition) is 1. The first-order valence-electron chi connectivity index (χ1n) is 8.08. The summed E-state index contributed by atoms with van der Waals surface area (Å²) in [5, 5.41) is 3.77. The van der Waals surface area contributed by atoms with Crippen LogP contribution in [0.4, 0.5) is 4.79 Å². The molecular weight excluding hydrogens is 330 g/mol. The second-order valence-corrected chi connectivity index (χ2v) is 6.94. The van der Waals surface area contributed by atoms with Gasteiger partial charge in [-0.15, -0.1) is 0 Å². The molecule has 0 radical (unpaired) electrons. The smallest absolute Gasteiger partial charge is 0.318 e. The van der Waals surface area contributed by atoms with Gasteiger partial charge in [-0.1, -0.05) is 29.8 Å². The molecule has 2 aliphatic rings. The van der Waals surface area contributed by atoms with Crippen molar-refractivity contribution in [3.05, 3.63) is 34.9 Å². The Balaban J connectivity index is 1.67. The Morgan fingerprint density at radius 2 is 2.04 bits per heavy atom. The third-order valence-electron chi connectivity index (χ3n) is 4.56. The van der Waals surface area contributed by atoms with Crippen LogP contribution in [0.3, 0.4) is 0 Å². The molecule has 1 heterocycles. The molecule has 130 valence electrons. The lowest BCUT2D eigenvalue weighted by Gasteiger charge is -2.34. The van der Waals surface area contributed by atoms with Crippen LogP contribution in [-0.2, 0) is 15.1 Å². The minimum Gasteiger partial charge on any atom is -0.365 e. The van der Waals surface area contributed by atoms with Crippen molar-refractivity contribution < 1.29 is 14.3 Å². The van der Waals surface area contributed by atoms with Gasteiger partial charge in [0, 0.05) is 25.7 Å². The summed E-state index contributed by atoms with van der Waals surface area (Å²) < 4.78 is 5.50. The standard InChI is InChI=1S/C17H22ClN3O3/c1-20(2)15(22)14-11-21(9-10-24-14)16(23)19-17(7-8-17)12-5-3-4-6-13(12)18/h3-6,14H,7-11H2,1-2H3,(H,19,23)/t14-/m0/s1. The molecule has 0 bridgehead atoms. The summed E-state index contributed by atoms with van der Waals surface area (Å²) in [6.45, 7) is 1.10. The number of urea groups is 1. The van der Waals surface area contributed by atoms with Gasteiger partial charge in [-0.25, -0.2) is 4.79 Å². The van der Waals surface area contributed by atoms with Crippen molar-refractivity contribution >= 4 is 23.5 Å². The number of amides is 3. The molecule has 1 aromatic carbocycles. The number of likely N-dealkylation sites (N-methyl/N-ethyl adjacent to an activating group) is 1. The lowest BCUT2D eigenvalue weighted by molar-refractivity contribution is -0.145. The number of morpholine rings is 1. The molecule has 3 rings (SSSR count). The molecule has 1 N–H and O–H groups in total. The summed E-state index contributed by atoms with van der Waals surface area (Å²) in [6.07, 6.45) is 1.13. The lowest BCUT2D eigenvalue weighted by atomic mass is 10.1. The topological polar surface area (TPSA) is 61.9 Å². The largest absolute Gasteiger partial charge is 0.365 e. The minimum absolute atomic E-state index is 0.125. The number of hydrogen-bond acceptors (Lipinski definition) is 3. The number of ether oxygens (including phenoxy) is 1. The average Bonchev–Trinajstić information content (AvgIpc) is 3.35. The fraction of sp³-hybridized carbons (Fsp3) is 0.529. The molecule has 24 heavy (non-hydrogen) atoms. The van der Waals surface area contributed by atoms with Crippen molar-refractivity contribution in [2.75, 3.05) is 33.8 Å². The summed E-state index contributed by atoms with van der Waals surface area (Å²) in [4.78, 5) is 27.9. The second kappa shape index (κ2) is 6.61. The Labute approximate surface area is 146 Å². The molecule has 1 saturated carbocycles. The van der Waals surface area contributed by atoms with Gasteiger partial charge in [0.1, 0.15) is 0 Å². The average molecular weight is 352 g/mol. The number of carbonyl (C=O) groups is 2. The Morgan fingerprint density at radius 3 is 2.67 bits per heavy atom. The molecule has 2 fully saturated rings. The highest BCUT2D eigenvalue weighted by atomic mass is 35.5. The van der Waals surface area contributed by atoms with Crippen molar-refractivity contribution in [2.24, 2.45) is 0 Å². The van der Waals surface area contributed by atoms with Crippen LogP contribution in [0, 0.1) is 0 Å². The quantitative estimate of drug-likeness (QED) is 0.903. The third kappa shape index (κ3) is 3.35. The van der Waals surface area contributed by atoms with Crippen LogP contribution in [0.1, 0.15) is 18.4 Å². The van der Waals surface area contributed by atoms with Crippen LogP contribution in [0.25, 0.3) is 0 Å². The minimum atomic E-state index is -0.602. The normalized spacial score (nSPS) is 22.0. The molecule has 1 saturated heterocycles. The van der Waals surface area contributed by atoms with Gasteiger partial charge < -0.3 is 19.9 Å². The van der Waals surface area contributed by atoms with Crippen LogP contribution in [0.15, 0.2) is 24.3 Å². The summed E-state index contributed by atoms with van der Waals surface area (Å²) in [5.41, 5.74) is 0.573. The van der Waals surface area contributed by atoms with Gasteiger partial charge >= 0.3 is 6.03 Å². The van der Waals surface area contributed by atoms with E-state index in [1.54, 1.807) is 19.0 Å². The van der Waals surface area contributed by atoms with Gasteiger partial charge in [-0.2, -0.15) is 0 Å². The van der Waals surface area contributed by atoms with Gasteiger partial charge in [-0.3, -0.25) is 4.79 Å². The lowest BCUT2D eigenvalue weighted by Crippen LogP contribution is -2.55. The SMILES string of the molecule is CN(C)C(=O)[C@@H]1CN(C(=O)NC2(c3ccccc3Cl)CC2)CCO1. The maximum atomic E-state index is 12.7. The fourth-order valence-electron chi connectivity index (χ4n) is 2.99. The van der Waals surface area contributed by atoms with E-state index in [2.05, 4.69) is 5.32 Å². The third-order valence-corrected chi connectivity index (χ3v) is 4.89. The molecule has 3 amide bonds. The Bertz CT molecular complexity index is 646. The first-order chi connectivity index (χ1) is 11.4. The van der Waals surface area contributed by atoms with Gasteiger partial charge in [0.15, 0.2) is 6.10 Å². The molecule has 1 aliphatic heterocycles. The number of benzene rings is 1. The zero-order valence-electron chi connectivity index (χ0n) is 13.9. The van der Waals surface area contributed by atoms with Crippen LogP contribution in [-0.4, -0.2) is 61.6 Å². The fourth-order valence-corrected chi connectivity index (χ4v) is 3.31. The highest BCUT2D eigenvalue weighted by Gasteiger charge is 2.48. The maximum absolute atomic E-state index is 12.7. The molecule has 1 aliphatic carbocycles. The van der Waals surface area contributed by atoms with E-state index in [1.807, 2.05) is 24.3 Å². The van der Waals surface area contributed by atoms with Crippen molar-refractivity contribution in [3.8, 4) is 0 Å².